The number of rotatable bonds is 7. The molecule has 0 aliphatic rings. The van der Waals surface area contributed by atoms with Gasteiger partial charge in [-0.1, -0.05) is 6.07 Å². The molecular formula is C16H23N3O2. The minimum atomic E-state index is -0.550. The summed E-state index contributed by atoms with van der Waals surface area (Å²) >= 11 is 0. The molecule has 1 heterocycles. The lowest BCUT2D eigenvalue weighted by Crippen LogP contribution is -2.31. The van der Waals surface area contributed by atoms with E-state index in [0.717, 1.165) is 22.7 Å². The zero-order chi connectivity index (χ0) is 15.2. The van der Waals surface area contributed by atoms with Gasteiger partial charge in [0.1, 0.15) is 24.3 Å². The van der Waals surface area contributed by atoms with Crippen molar-refractivity contribution in [3.05, 3.63) is 47.5 Å². The molecule has 1 aromatic heterocycles. The van der Waals surface area contributed by atoms with Gasteiger partial charge in [-0.2, -0.15) is 0 Å². The van der Waals surface area contributed by atoms with Crippen LogP contribution in [0.2, 0.25) is 0 Å². The number of imidazole rings is 1. The Morgan fingerprint density at radius 3 is 2.62 bits per heavy atom. The normalized spacial score (nSPS) is 12.4. The van der Waals surface area contributed by atoms with E-state index in [1.807, 2.05) is 43.8 Å². The molecule has 0 radical (unpaired) electrons. The molecule has 1 aromatic carbocycles. The average molecular weight is 289 g/mol. The Hall–Kier alpha value is -1.85. The van der Waals surface area contributed by atoms with Crippen molar-refractivity contribution in [1.82, 2.24) is 14.9 Å². The van der Waals surface area contributed by atoms with Crippen molar-refractivity contribution in [2.75, 3.05) is 13.2 Å². The Morgan fingerprint density at radius 2 is 2.00 bits per heavy atom. The van der Waals surface area contributed by atoms with E-state index >= 15 is 0 Å². The molecule has 0 aliphatic heterocycles. The van der Waals surface area contributed by atoms with Crippen molar-refractivity contribution in [3.8, 4) is 5.75 Å². The molecule has 2 aromatic rings. The Morgan fingerprint density at radius 1 is 1.29 bits per heavy atom. The van der Waals surface area contributed by atoms with E-state index in [-0.39, 0.29) is 6.61 Å². The molecule has 0 bridgehead atoms. The van der Waals surface area contributed by atoms with Gasteiger partial charge in [0.15, 0.2) is 0 Å². The molecule has 0 saturated heterocycles. The van der Waals surface area contributed by atoms with Gasteiger partial charge in [-0.25, -0.2) is 4.98 Å². The van der Waals surface area contributed by atoms with E-state index in [0.29, 0.717) is 13.1 Å². The largest absolute Gasteiger partial charge is 0.491 e. The maximum Gasteiger partial charge on any atom is 0.122 e. The SMILES string of the molecule is Cc1cc(C)cc(OCC(O)CNCc2nccn2C)c1. The Bertz CT molecular complexity index is 560. The molecule has 0 fully saturated rings. The molecule has 2 rings (SSSR count). The standard InChI is InChI=1S/C16H23N3O2/c1-12-6-13(2)8-15(7-12)21-11-14(20)9-17-10-16-18-4-5-19(16)3/h4-8,14,17,20H,9-11H2,1-3H3. The van der Waals surface area contributed by atoms with Crippen LogP contribution in [0.3, 0.4) is 0 Å². The van der Waals surface area contributed by atoms with Crippen LogP contribution in [-0.2, 0) is 13.6 Å². The number of benzene rings is 1. The van der Waals surface area contributed by atoms with Crippen molar-refractivity contribution in [3.63, 3.8) is 0 Å². The summed E-state index contributed by atoms with van der Waals surface area (Å²) in [5, 5.41) is 13.1. The summed E-state index contributed by atoms with van der Waals surface area (Å²) in [6.07, 6.45) is 3.11. The third kappa shape index (κ3) is 4.88. The molecule has 0 amide bonds. The highest BCUT2D eigenvalue weighted by molar-refractivity contribution is 5.32. The number of ether oxygens (including phenoxy) is 1. The monoisotopic (exact) mass is 289 g/mol. The van der Waals surface area contributed by atoms with Crippen LogP contribution in [0.5, 0.6) is 5.75 Å². The summed E-state index contributed by atoms with van der Waals surface area (Å²) in [5.74, 6) is 1.74. The second-order valence-electron chi connectivity index (χ2n) is 5.37. The summed E-state index contributed by atoms with van der Waals surface area (Å²) in [6, 6.07) is 6.04. The van der Waals surface area contributed by atoms with E-state index in [9.17, 15) is 5.11 Å². The fraction of sp³-hybridized carbons (Fsp3) is 0.438. The quantitative estimate of drug-likeness (QED) is 0.812. The molecule has 5 heteroatoms. The van der Waals surface area contributed by atoms with Gasteiger partial charge in [-0.15, -0.1) is 0 Å². The summed E-state index contributed by atoms with van der Waals surface area (Å²) in [7, 11) is 1.95. The highest BCUT2D eigenvalue weighted by atomic mass is 16.5. The second kappa shape index (κ2) is 7.24. The van der Waals surface area contributed by atoms with Crippen LogP contribution in [0.15, 0.2) is 30.6 Å². The van der Waals surface area contributed by atoms with Crippen molar-refractivity contribution in [2.24, 2.45) is 7.05 Å². The highest BCUT2D eigenvalue weighted by Gasteiger charge is 2.06. The van der Waals surface area contributed by atoms with Gasteiger partial charge in [0.05, 0.1) is 6.54 Å². The smallest absolute Gasteiger partial charge is 0.122 e. The van der Waals surface area contributed by atoms with E-state index in [4.69, 9.17) is 4.74 Å². The van der Waals surface area contributed by atoms with Gasteiger partial charge in [-0.3, -0.25) is 0 Å². The number of aromatic nitrogens is 2. The van der Waals surface area contributed by atoms with Gasteiger partial charge in [0.25, 0.3) is 0 Å². The Balaban J connectivity index is 1.72. The molecule has 0 aliphatic carbocycles. The van der Waals surface area contributed by atoms with E-state index in [2.05, 4.69) is 16.4 Å². The van der Waals surface area contributed by atoms with E-state index < -0.39 is 6.10 Å². The van der Waals surface area contributed by atoms with Gasteiger partial charge in [0, 0.05) is 26.0 Å². The molecule has 1 unspecified atom stereocenters. The molecule has 0 saturated carbocycles. The van der Waals surface area contributed by atoms with E-state index in [1.165, 1.54) is 0 Å². The minimum Gasteiger partial charge on any atom is -0.491 e. The van der Waals surface area contributed by atoms with Crippen LogP contribution in [0.4, 0.5) is 0 Å². The number of hydrogen-bond acceptors (Lipinski definition) is 4. The van der Waals surface area contributed by atoms with Crippen LogP contribution in [0.1, 0.15) is 17.0 Å². The lowest BCUT2D eigenvalue weighted by Gasteiger charge is -2.14. The maximum atomic E-state index is 9.93. The summed E-state index contributed by atoms with van der Waals surface area (Å²) in [5.41, 5.74) is 2.32. The fourth-order valence-corrected chi connectivity index (χ4v) is 2.18. The summed E-state index contributed by atoms with van der Waals surface area (Å²) < 4.78 is 7.58. The number of aliphatic hydroxyl groups excluding tert-OH is 1. The highest BCUT2D eigenvalue weighted by Crippen LogP contribution is 2.16. The van der Waals surface area contributed by atoms with Crippen molar-refractivity contribution < 1.29 is 9.84 Å². The van der Waals surface area contributed by atoms with Crippen LogP contribution in [0.25, 0.3) is 0 Å². The lowest BCUT2D eigenvalue weighted by molar-refractivity contribution is 0.106. The molecule has 114 valence electrons. The molecule has 1 atom stereocenters. The number of nitrogens with one attached hydrogen (secondary N) is 1. The first-order valence-electron chi connectivity index (χ1n) is 7.10. The first-order valence-corrected chi connectivity index (χ1v) is 7.10. The summed E-state index contributed by atoms with van der Waals surface area (Å²) in [6.45, 7) is 5.44. The number of aliphatic hydroxyl groups is 1. The molecule has 5 nitrogen and oxygen atoms in total. The first kappa shape index (κ1) is 15.5. The minimum absolute atomic E-state index is 0.274. The predicted molar refractivity (Wildman–Crippen MR) is 82.3 cm³/mol. The maximum absolute atomic E-state index is 9.93. The van der Waals surface area contributed by atoms with Crippen LogP contribution in [0, 0.1) is 13.8 Å². The van der Waals surface area contributed by atoms with Crippen LogP contribution in [-0.4, -0.2) is 33.9 Å². The van der Waals surface area contributed by atoms with Gasteiger partial charge in [-0.05, 0) is 37.1 Å². The molecular weight excluding hydrogens is 266 g/mol. The average Bonchev–Trinajstić information content (AvgIpc) is 2.81. The topological polar surface area (TPSA) is 59.3 Å². The van der Waals surface area contributed by atoms with Crippen LogP contribution < -0.4 is 10.1 Å². The zero-order valence-corrected chi connectivity index (χ0v) is 12.8. The number of hydrogen-bond donors (Lipinski definition) is 2. The number of nitrogens with zero attached hydrogens (tertiary/aromatic N) is 2. The number of aryl methyl sites for hydroxylation is 3. The second-order valence-corrected chi connectivity index (χ2v) is 5.37. The molecule has 21 heavy (non-hydrogen) atoms. The van der Waals surface area contributed by atoms with Gasteiger partial charge < -0.3 is 19.7 Å². The van der Waals surface area contributed by atoms with Crippen molar-refractivity contribution in [2.45, 2.75) is 26.5 Å². The zero-order valence-electron chi connectivity index (χ0n) is 12.8. The fourth-order valence-electron chi connectivity index (χ4n) is 2.18. The lowest BCUT2D eigenvalue weighted by atomic mass is 10.1. The third-order valence-electron chi connectivity index (χ3n) is 3.22. The Labute approximate surface area is 125 Å². The molecule has 0 spiro atoms. The van der Waals surface area contributed by atoms with E-state index in [1.54, 1.807) is 6.20 Å². The van der Waals surface area contributed by atoms with Crippen molar-refractivity contribution >= 4 is 0 Å². The Kier molecular flexibility index (Phi) is 5.36. The van der Waals surface area contributed by atoms with Gasteiger partial charge >= 0.3 is 0 Å². The molecule has 2 N–H and O–H groups in total. The van der Waals surface area contributed by atoms with Crippen LogP contribution >= 0.6 is 0 Å². The van der Waals surface area contributed by atoms with Gasteiger partial charge in [0.2, 0.25) is 0 Å². The summed E-state index contributed by atoms with van der Waals surface area (Å²) in [4.78, 5) is 4.21. The third-order valence-corrected chi connectivity index (χ3v) is 3.22. The predicted octanol–water partition coefficient (Wildman–Crippen LogP) is 1.57. The first-order chi connectivity index (χ1) is 10.0. The van der Waals surface area contributed by atoms with Crippen molar-refractivity contribution in [1.29, 1.82) is 0 Å².